The maximum Gasteiger partial charge on any atom is 0.257 e. The molecule has 1 aromatic carbocycles. The maximum atomic E-state index is 11.4. The van der Waals surface area contributed by atoms with Crippen LogP contribution in [0.5, 0.6) is 5.75 Å². The average molecular weight is 223 g/mol. The standard InChI is InChI=1S/C11H13NO4/c1-8(14)12-11(15)9-3-2-4-10(7-9)16-6-5-13/h2-4,7,13H,5-6H2,1H3,(H,12,14,15). The molecule has 1 aromatic rings. The third-order valence-electron chi connectivity index (χ3n) is 1.75. The second-order valence-electron chi connectivity index (χ2n) is 3.11. The fourth-order valence-corrected chi connectivity index (χ4v) is 1.12. The molecule has 0 heterocycles. The molecule has 2 amide bonds. The Bertz CT molecular complexity index is 389. The fraction of sp³-hybridized carbons (Fsp3) is 0.273. The van der Waals surface area contributed by atoms with Crippen molar-refractivity contribution < 1.29 is 19.4 Å². The number of amides is 2. The SMILES string of the molecule is CC(=O)NC(=O)c1cccc(OCCO)c1. The Morgan fingerprint density at radius 3 is 2.81 bits per heavy atom. The number of hydrogen-bond acceptors (Lipinski definition) is 4. The molecule has 0 aliphatic carbocycles. The van der Waals surface area contributed by atoms with Crippen molar-refractivity contribution in [1.82, 2.24) is 5.32 Å². The van der Waals surface area contributed by atoms with Gasteiger partial charge in [-0.1, -0.05) is 6.07 Å². The van der Waals surface area contributed by atoms with Gasteiger partial charge in [0.05, 0.1) is 6.61 Å². The number of imide groups is 1. The lowest BCUT2D eigenvalue weighted by molar-refractivity contribution is -0.118. The summed E-state index contributed by atoms with van der Waals surface area (Å²) in [5.74, 6) is -0.404. The molecule has 0 aromatic heterocycles. The van der Waals surface area contributed by atoms with E-state index in [9.17, 15) is 9.59 Å². The molecule has 0 saturated heterocycles. The Hall–Kier alpha value is -1.88. The predicted octanol–water partition coefficient (Wildman–Crippen LogP) is 0.334. The zero-order valence-corrected chi connectivity index (χ0v) is 8.90. The second kappa shape index (κ2) is 5.87. The lowest BCUT2D eigenvalue weighted by Gasteiger charge is -2.06. The highest BCUT2D eigenvalue weighted by atomic mass is 16.5. The van der Waals surface area contributed by atoms with E-state index in [0.717, 1.165) is 0 Å². The van der Waals surface area contributed by atoms with Crippen molar-refractivity contribution in [2.75, 3.05) is 13.2 Å². The van der Waals surface area contributed by atoms with Gasteiger partial charge in [0.2, 0.25) is 5.91 Å². The zero-order chi connectivity index (χ0) is 12.0. The van der Waals surface area contributed by atoms with Gasteiger partial charge in [-0.3, -0.25) is 14.9 Å². The minimum Gasteiger partial charge on any atom is -0.491 e. The highest BCUT2D eigenvalue weighted by Gasteiger charge is 2.07. The molecule has 0 fully saturated rings. The molecule has 0 spiro atoms. The summed E-state index contributed by atoms with van der Waals surface area (Å²) >= 11 is 0. The molecule has 0 saturated carbocycles. The van der Waals surface area contributed by atoms with Crippen molar-refractivity contribution in [3.63, 3.8) is 0 Å². The van der Waals surface area contributed by atoms with Crippen LogP contribution in [0, 0.1) is 0 Å². The van der Waals surface area contributed by atoms with E-state index in [1.165, 1.54) is 13.0 Å². The number of aliphatic hydroxyl groups is 1. The van der Waals surface area contributed by atoms with Crippen LogP contribution in [0.2, 0.25) is 0 Å². The van der Waals surface area contributed by atoms with Crippen LogP contribution in [-0.4, -0.2) is 30.1 Å². The van der Waals surface area contributed by atoms with Gasteiger partial charge in [0.25, 0.3) is 5.91 Å². The maximum absolute atomic E-state index is 11.4. The van der Waals surface area contributed by atoms with E-state index >= 15 is 0 Å². The highest BCUT2D eigenvalue weighted by molar-refractivity contribution is 6.04. The lowest BCUT2D eigenvalue weighted by Crippen LogP contribution is -2.27. The third kappa shape index (κ3) is 3.70. The van der Waals surface area contributed by atoms with Gasteiger partial charge in [-0.2, -0.15) is 0 Å². The molecule has 2 N–H and O–H groups in total. The first-order chi connectivity index (χ1) is 7.63. The predicted molar refractivity (Wildman–Crippen MR) is 57.2 cm³/mol. The van der Waals surface area contributed by atoms with Gasteiger partial charge in [-0.15, -0.1) is 0 Å². The van der Waals surface area contributed by atoms with Crippen molar-refractivity contribution >= 4 is 11.8 Å². The Balaban J connectivity index is 2.73. The van der Waals surface area contributed by atoms with Crippen LogP contribution in [0.1, 0.15) is 17.3 Å². The number of rotatable bonds is 4. The van der Waals surface area contributed by atoms with Gasteiger partial charge in [0, 0.05) is 12.5 Å². The quantitative estimate of drug-likeness (QED) is 0.771. The molecule has 0 aliphatic rings. The number of aliphatic hydroxyl groups excluding tert-OH is 1. The smallest absolute Gasteiger partial charge is 0.257 e. The molecule has 5 heteroatoms. The number of carbonyl (C=O) groups is 2. The summed E-state index contributed by atoms with van der Waals surface area (Å²) < 4.78 is 5.14. The molecular weight excluding hydrogens is 210 g/mol. The topological polar surface area (TPSA) is 75.6 Å². The minimum atomic E-state index is -0.470. The normalized spacial score (nSPS) is 9.62. The van der Waals surface area contributed by atoms with Crippen molar-refractivity contribution in [2.24, 2.45) is 0 Å². The van der Waals surface area contributed by atoms with Crippen LogP contribution in [0.3, 0.4) is 0 Å². The van der Waals surface area contributed by atoms with E-state index in [2.05, 4.69) is 5.32 Å². The Morgan fingerprint density at radius 2 is 2.19 bits per heavy atom. The highest BCUT2D eigenvalue weighted by Crippen LogP contribution is 2.12. The van der Waals surface area contributed by atoms with Gasteiger partial charge in [0.1, 0.15) is 12.4 Å². The Labute approximate surface area is 93.0 Å². The molecule has 0 aliphatic heterocycles. The minimum absolute atomic E-state index is 0.0934. The van der Waals surface area contributed by atoms with Crippen molar-refractivity contribution in [1.29, 1.82) is 0 Å². The monoisotopic (exact) mass is 223 g/mol. The Kier molecular flexibility index (Phi) is 4.47. The van der Waals surface area contributed by atoms with Crippen molar-refractivity contribution in [3.05, 3.63) is 29.8 Å². The number of carbonyl (C=O) groups excluding carboxylic acids is 2. The summed E-state index contributed by atoms with van der Waals surface area (Å²) in [7, 11) is 0. The average Bonchev–Trinajstić information content (AvgIpc) is 2.26. The first kappa shape index (κ1) is 12.2. The molecular formula is C11H13NO4. The second-order valence-corrected chi connectivity index (χ2v) is 3.11. The summed E-state index contributed by atoms with van der Waals surface area (Å²) in [6, 6.07) is 6.39. The van der Waals surface area contributed by atoms with E-state index in [4.69, 9.17) is 9.84 Å². The van der Waals surface area contributed by atoms with E-state index < -0.39 is 11.8 Å². The van der Waals surface area contributed by atoms with Crippen LogP contribution >= 0.6 is 0 Å². The zero-order valence-electron chi connectivity index (χ0n) is 8.90. The van der Waals surface area contributed by atoms with Crippen molar-refractivity contribution in [3.8, 4) is 5.75 Å². The number of nitrogens with one attached hydrogen (secondary N) is 1. The summed E-state index contributed by atoms with van der Waals surface area (Å²) in [6.07, 6.45) is 0. The van der Waals surface area contributed by atoms with E-state index in [1.807, 2.05) is 0 Å². The molecule has 0 atom stereocenters. The van der Waals surface area contributed by atoms with Gasteiger partial charge in [-0.05, 0) is 18.2 Å². The van der Waals surface area contributed by atoms with Gasteiger partial charge >= 0.3 is 0 Å². The van der Waals surface area contributed by atoms with Crippen LogP contribution in [-0.2, 0) is 4.79 Å². The molecule has 16 heavy (non-hydrogen) atoms. The summed E-state index contributed by atoms with van der Waals surface area (Å²) in [6.45, 7) is 1.34. The van der Waals surface area contributed by atoms with Gasteiger partial charge in [0.15, 0.2) is 0 Å². The first-order valence-electron chi connectivity index (χ1n) is 4.79. The molecule has 5 nitrogen and oxygen atoms in total. The third-order valence-corrected chi connectivity index (χ3v) is 1.75. The van der Waals surface area contributed by atoms with E-state index in [-0.39, 0.29) is 13.2 Å². The van der Waals surface area contributed by atoms with E-state index in [0.29, 0.717) is 11.3 Å². The largest absolute Gasteiger partial charge is 0.491 e. The number of ether oxygens (including phenoxy) is 1. The van der Waals surface area contributed by atoms with Gasteiger partial charge < -0.3 is 9.84 Å². The molecule has 0 radical (unpaired) electrons. The van der Waals surface area contributed by atoms with Crippen LogP contribution in [0.25, 0.3) is 0 Å². The molecule has 1 rings (SSSR count). The van der Waals surface area contributed by atoms with Crippen LogP contribution < -0.4 is 10.1 Å². The lowest BCUT2D eigenvalue weighted by atomic mass is 10.2. The first-order valence-corrected chi connectivity index (χ1v) is 4.79. The van der Waals surface area contributed by atoms with Crippen molar-refractivity contribution in [2.45, 2.75) is 6.92 Å². The molecule has 0 unspecified atom stereocenters. The van der Waals surface area contributed by atoms with Gasteiger partial charge in [-0.25, -0.2) is 0 Å². The summed E-state index contributed by atoms with van der Waals surface area (Å²) in [5, 5.41) is 10.7. The fourth-order valence-electron chi connectivity index (χ4n) is 1.12. The Morgan fingerprint density at radius 1 is 1.44 bits per heavy atom. The summed E-state index contributed by atoms with van der Waals surface area (Å²) in [5.41, 5.74) is 0.339. The number of hydrogen-bond donors (Lipinski definition) is 2. The van der Waals surface area contributed by atoms with E-state index in [1.54, 1.807) is 18.2 Å². The van der Waals surface area contributed by atoms with Crippen LogP contribution in [0.15, 0.2) is 24.3 Å². The number of benzene rings is 1. The summed E-state index contributed by atoms with van der Waals surface area (Å²) in [4.78, 5) is 22.1. The van der Waals surface area contributed by atoms with Crippen LogP contribution in [0.4, 0.5) is 0 Å². The molecule has 0 bridgehead atoms. The molecule has 86 valence electrons.